The molecule has 0 amide bonds. The third kappa shape index (κ3) is 2.37. The van der Waals surface area contributed by atoms with E-state index in [4.69, 9.17) is 12.2 Å². The normalized spacial score (nSPS) is 11.9. The molecule has 0 atom stereocenters. The summed E-state index contributed by atoms with van der Waals surface area (Å²) in [6.45, 7) is 5.65. The zero-order valence-electron chi connectivity index (χ0n) is 11.5. The van der Waals surface area contributed by atoms with Gasteiger partial charge in [-0.25, -0.2) is 4.68 Å². The van der Waals surface area contributed by atoms with Crippen LogP contribution in [0.15, 0.2) is 12.1 Å². The number of alkyl halides is 3. The van der Waals surface area contributed by atoms with E-state index < -0.39 is 12.0 Å². The summed E-state index contributed by atoms with van der Waals surface area (Å²) < 4.78 is 41.2. The third-order valence-electron chi connectivity index (χ3n) is 3.35. The number of aryl methyl sites for hydroxylation is 3. The summed E-state index contributed by atoms with van der Waals surface area (Å²) >= 11 is 5.05. The van der Waals surface area contributed by atoms with Gasteiger partial charge in [0.2, 0.25) is 10.6 Å². The van der Waals surface area contributed by atoms with Gasteiger partial charge >= 0.3 is 6.18 Å². The van der Waals surface area contributed by atoms with Crippen LogP contribution in [-0.4, -0.2) is 14.3 Å². The van der Waals surface area contributed by atoms with E-state index in [0.29, 0.717) is 5.69 Å². The van der Waals surface area contributed by atoms with Gasteiger partial charge in [-0.15, -0.1) is 5.10 Å². The Morgan fingerprint density at radius 3 is 2.05 bits per heavy atom. The van der Waals surface area contributed by atoms with Gasteiger partial charge < -0.3 is 0 Å². The number of nitrogens with zero attached hydrogens (tertiary/aromatic N) is 3. The fourth-order valence-corrected chi connectivity index (χ4v) is 2.26. The lowest BCUT2D eigenvalue weighted by Gasteiger charge is -2.13. The molecule has 1 aromatic carbocycles. The molecule has 108 valence electrons. The zero-order valence-corrected chi connectivity index (χ0v) is 12.4. The lowest BCUT2D eigenvalue weighted by atomic mass is 10.0. The summed E-state index contributed by atoms with van der Waals surface area (Å²) in [4.78, 5) is 0. The van der Waals surface area contributed by atoms with E-state index in [1.807, 2.05) is 20.8 Å². The van der Waals surface area contributed by atoms with Crippen LogP contribution < -0.4 is 0 Å². The SMILES string of the molecule is Cc1cc(-n2c(C(F)(F)F)nn(C)c2=S)cc(C)c1C. The first kappa shape index (κ1) is 14.8. The maximum Gasteiger partial charge on any atom is 0.452 e. The first-order valence-corrected chi connectivity index (χ1v) is 6.35. The molecule has 1 aromatic heterocycles. The van der Waals surface area contributed by atoms with Crippen molar-refractivity contribution in [3.05, 3.63) is 39.4 Å². The first-order chi connectivity index (χ1) is 9.12. The second-order valence-corrected chi connectivity index (χ2v) is 5.13. The number of rotatable bonds is 1. The molecule has 0 bridgehead atoms. The lowest BCUT2D eigenvalue weighted by Crippen LogP contribution is -2.14. The van der Waals surface area contributed by atoms with Crippen LogP contribution in [-0.2, 0) is 13.2 Å². The topological polar surface area (TPSA) is 22.8 Å². The largest absolute Gasteiger partial charge is 0.452 e. The van der Waals surface area contributed by atoms with Crippen LogP contribution in [0.4, 0.5) is 13.2 Å². The molecule has 0 aliphatic heterocycles. The molecular weight excluding hydrogens is 287 g/mol. The van der Waals surface area contributed by atoms with Crippen molar-refractivity contribution in [2.75, 3.05) is 0 Å². The molecule has 1 heterocycles. The van der Waals surface area contributed by atoms with Gasteiger partial charge in [-0.2, -0.15) is 13.2 Å². The number of halogens is 3. The Morgan fingerprint density at radius 2 is 1.60 bits per heavy atom. The summed E-state index contributed by atoms with van der Waals surface area (Å²) in [7, 11) is 1.40. The molecule has 2 rings (SSSR count). The van der Waals surface area contributed by atoms with Crippen LogP contribution in [0.3, 0.4) is 0 Å². The van der Waals surface area contributed by atoms with Crippen LogP contribution in [0.2, 0.25) is 0 Å². The Morgan fingerprint density at radius 1 is 1.10 bits per heavy atom. The molecule has 0 radical (unpaired) electrons. The Balaban J connectivity index is 2.80. The summed E-state index contributed by atoms with van der Waals surface area (Å²) in [5.41, 5.74) is 3.27. The highest BCUT2D eigenvalue weighted by Gasteiger charge is 2.38. The molecule has 20 heavy (non-hydrogen) atoms. The second-order valence-electron chi connectivity index (χ2n) is 4.77. The van der Waals surface area contributed by atoms with Crippen molar-refractivity contribution < 1.29 is 13.2 Å². The standard InChI is InChI=1S/C13H14F3N3S/c1-7-5-10(6-8(2)9(7)3)19-11(13(14,15)16)17-18(4)12(19)20/h5-6H,1-4H3. The predicted octanol–water partition coefficient (Wildman–Crippen LogP) is 3.88. The van der Waals surface area contributed by atoms with E-state index in [9.17, 15) is 13.2 Å². The van der Waals surface area contributed by atoms with Crippen molar-refractivity contribution in [2.24, 2.45) is 7.05 Å². The Kier molecular flexibility index (Phi) is 3.49. The summed E-state index contributed by atoms with van der Waals surface area (Å²) in [5, 5.41) is 3.49. The van der Waals surface area contributed by atoms with Gasteiger partial charge in [0.15, 0.2) is 0 Å². The van der Waals surface area contributed by atoms with Gasteiger partial charge in [0.1, 0.15) is 0 Å². The van der Waals surface area contributed by atoms with Crippen molar-refractivity contribution in [1.82, 2.24) is 14.3 Å². The van der Waals surface area contributed by atoms with E-state index in [-0.39, 0.29) is 4.77 Å². The van der Waals surface area contributed by atoms with Gasteiger partial charge in [0.05, 0.1) is 5.69 Å². The van der Waals surface area contributed by atoms with Crippen LogP contribution >= 0.6 is 12.2 Å². The molecule has 0 spiro atoms. The maximum atomic E-state index is 13.1. The summed E-state index contributed by atoms with van der Waals surface area (Å²) in [5.74, 6) is -1.01. The average Bonchev–Trinajstić information content (AvgIpc) is 2.62. The van der Waals surface area contributed by atoms with Crippen molar-refractivity contribution in [2.45, 2.75) is 26.9 Å². The fraction of sp³-hybridized carbons (Fsp3) is 0.385. The lowest BCUT2D eigenvalue weighted by molar-refractivity contribution is -0.146. The highest BCUT2D eigenvalue weighted by molar-refractivity contribution is 7.71. The molecule has 0 fully saturated rings. The van der Waals surface area contributed by atoms with Crippen molar-refractivity contribution in [1.29, 1.82) is 0 Å². The molecule has 0 saturated carbocycles. The minimum Gasteiger partial charge on any atom is -0.264 e. The molecule has 0 aliphatic rings. The highest BCUT2D eigenvalue weighted by atomic mass is 32.1. The maximum absolute atomic E-state index is 13.1. The van der Waals surface area contributed by atoms with Gasteiger partial charge in [-0.3, -0.25) is 4.57 Å². The Bertz CT molecular complexity index is 702. The second kappa shape index (κ2) is 4.73. The van der Waals surface area contributed by atoms with Gasteiger partial charge in [-0.1, -0.05) is 0 Å². The van der Waals surface area contributed by atoms with Crippen LogP contribution in [0.1, 0.15) is 22.5 Å². The number of aromatic nitrogens is 3. The summed E-state index contributed by atoms with van der Waals surface area (Å²) in [6, 6.07) is 3.38. The predicted molar refractivity (Wildman–Crippen MR) is 72.6 cm³/mol. The van der Waals surface area contributed by atoms with Crippen LogP contribution in [0.25, 0.3) is 5.69 Å². The number of hydrogen-bond acceptors (Lipinski definition) is 2. The zero-order chi connectivity index (χ0) is 15.2. The number of hydrogen-bond donors (Lipinski definition) is 0. The molecule has 2 aromatic rings. The quantitative estimate of drug-likeness (QED) is 0.746. The highest BCUT2D eigenvalue weighted by Crippen LogP contribution is 2.31. The molecule has 7 heteroatoms. The van der Waals surface area contributed by atoms with Crippen LogP contribution in [0.5, 0.6) is 0 Å². The number of benzene rings is 1. The van der Waals surface area contributed by atoms with E-state index in [1.165, 1.54) is 7.05 Å². The van der Waals surface area contributed by atoms with Gasteiger partial charge in [0, 0.05) is 7.05 Å². The molecule has 0 saturated heterocycles. The average molecular weight is 301 g/mol. The minimum absolute atomic E-state index is 0.0139. The molecule has 0 unspecified atom stereocenters. The smallest absolute Gasteiger partial charge is 0.264 e. The van der Waals surface area contributed by atoms with E-state index in [1.54, 1.807) is 12.1 Å². The van der Waals surface area contributed by atoms with E-state index in [2.05, 4.69) is 5.10 Å². The van der Waals surface area contributed by atoms with E-state index in [0.717, 1.165) is 25.9 Å². The van der Waals surface area contributed by atoms with Gasteiger partial charge in [-0.05, 0) is 61.8 Å². The minimum atomic E-state index is -4.55. The molecule has 0 N–H and O–H groups in total. The van der Waals surface area contributed by atoms with Crippen molar-refractivity contribution >= 4 is 12.2 Å². The molecular formula is C13H14F3N3S. The monoisotopic (exact) mass is 301 g/mol. The first-order valence-electron chi connectivity index (χ1n) is 5.94. The fourth-order valence-electron chi connectivity index (χ4n) is 2.02. The van der Waals surface area contributed by atoms with Crippen LogP contribution in [0, 0.1) is 25.5 Å². The van der Waals surface area contributed by atoms with Crippen molar-refractivity contribution in [3.8, 4) is 5.69 Å². The molecule has 0 aliphatic carbocycles. The van der Waals surface area contributed by atoms with E-state index >= 15 is 0 Å². The Hall–Kier alpha value is -1.63. The Labute approximate surface area is 119 Å². The third-order valence-corrected chi connectivity index (χ3v) is 3.79. The molecule has 3 nitrogen and oxygen atoms in total. The summed E-state index contributed by atoms with van der Waals surface area (Å²) in [6.07, 6.45) is -4.55. The van der Waals surface area contributed by atoms with Gasteiger partial charge in [0.25, 0.3) is 0 Å². The van der Waals surface area contributed by atoms with Crippen molar-refractivity contribution in [3.63, 3.8) is 0 Å².